The van der Waals surface area contributed by atoms with Crippen molar-refractivity contribution in [2.24, 2.45) is 0 Å². The zero-order chi connectivity index (χ0) is 16.4. The van der Waals surface area contributed by atoms with Gasteiger partial charge in [-0.25, -0.2) is 0 Å². The number of anilines is 1. The smallest absolute Gasteiger partial charge is 0.264 e. The Kier molecular flexibility index (Phi) is 5.99. The standard InChI is InChI=1S/C11H6Cl5N3O2S/c1-3-18-19-11(22-3)17-4(20)2-21-10-8(15)6(13)5(12)7(14)9(10)16/h2H2,1H3,(H,17,19,20). The summed E-state index contributed by atoms with van der Waals surface area (Å²) in [6, 6.07) is 0. The van der Waals surface area contributed by atoms with E-state index in [1.807, 2.05) is 0 Å². The van der Waals surface area contributed by atoms with E-state index < -0.39 is 5.91 Å². The molecular weight excluding hydrogens is 415 g/mol. The van der Waals surface area contributed by atoms with Gasteiger partial charge >= 0.3 is 0 Å². The molecule has 0 spiro atoms. The van der Waals surface area contributed by atoms with Gasteiger partial charge in [0.2, 0.25) is 5.13 Å². The third-order valence-corrected chi connectivity index (χ3v) is 5.29. The van der Waals surface area contributed by atoms with Gasteiger partial charge in [-0.3, -0.25) is 10.1 Å². The van der Waals surface area contributed by atoms with Crippen LogP contribution in [-0.2, 0) is 4.79 Å². The highest BCUT2D eigenvalue weighted by Crippen LogP contribution is 2.48. The highest BCUT2D eigenvalue weighted by Gasteiger charge is 2.21. The molecule has 1 N–H and O–H groups in total. The van der Waals surface area contributed by atoms with Crippen LogP contribution >= 0.6 is 69.3 Å². The average molecular weight is 422 g/mol. The Morgan fingerprint density at radius 2 is 1.59 bits per heavy atom. The van der Waals surface area contributed by atoms with Gasteiger partial charge in [0.1, 0.15) is 15.1 Å². The maximum atomic E-state index is 11.8. The monoisotopic (exact) mass is 419 g/mol. The summed E-state index contributed by atoms with van der Waals surface area (Å²) >= 11 is 30.9. The largest absolute Gasteiger partial charge is 0.481 e. The van der Waals surface area contributed by atoms with Gasteiger partial charge in [-0.2, -0.15) is 0 Å². The molecule has 5 nitrogen and oxygen atoms in total. The number of nitrogens with one attached hydrogen (secondary N) is 1. The minimum Gasteiger partial charge on any atom is -0.481 e. The highest BCUT2D eigenvalue weighted by atomic mass is 35.5. The van der Waals surface area contributed by atoms with Crippen LogP contribution in [0.4, 0.5) is 5.13 Å². The van der Waals surface area contributed by atoms with Crippen LogP contribution in [0.15, 0.2) is 0 Å². The molecule has 2 rings (SSSR count). The number of aryl methyl sites for hydroxylation is 1. The van der Waals surface area contributed by atoms with Crippen LogP contribution in [0.3, 0.4) is 0 Å². The summed E-state index contributed by atoms with van der Waals surface area (Å²) in [7, 11) is 0. The van der Waals surface area contributed by atoms with E-state index in [9.17, 15) is 4.79 Å². The molecule has 0 aliphatic carbocycles. The Morgan fingerprint density at radius 1 is 1.05 bits per heavy atom. The van der Waals surface area contributed by atoms with Crippen molar-refractivity contribution in [2.75, 3.05) is 11.9 Å². The van der Waals surface area contributed by atoms with Crippen LogP contribution in [0.5, 0.6) is 5.75 Å². The molecule has 2 aromatic rings. The molecule has 0 bridgehead atoms. The minimum atomic E-state index is -0.467. The zero-order valence-electron chi connectivity index (χ0n) is 10.7. The summed E-state index contributed by atoms with van der Waals surface area (Å²) in [4.78, 5) is 11.8. The SMILES string of the molecule is Cc1nnc(NC(=O)COc2c(Cl)c(Cl)c(Cl)c(Cl)c2Cl)s1. The van der Waals surface area contributed by atoms with Crippen LogP contribution < -0.4 is 10.1 Å². The second-order valence-electron chi connectivity index (χ2n) is 3.86. The number of ether oxygens (including phenoxy) is 1. The fourth-order valence-electron chi connectivity index (χ4n) is 1.35. The van der Waals surface area contributed by atoms with E-state index in [-0.39, 0.29) is 37.5 Å². The van der Waals surface area contributed by atoms with Gasteiger partial charge in [0, 0.05) is 0 Å². The van der Waals surface area contributed by atoms with Crippen molar-refractivity contribution in [3.05, 3.63) is 30.1 Å². The maximum absolute atomic E-state index is 11.8. The van der Waals surface area contributed by atoms with Gasteiger partial charge in [0.25, 0.3) is 5.91 Å². The van der Waals surface area contributed by atoms with E-state index >= 15 is 0 Å². The second kappa shape index (κ2) is 7.38. The Bertz CT molecular complexity index is 708. The minimum absolute atomic E-state index is 0.00658. The lowest BCUT2D eigenvalue weighted by atomic mass is 10.3. The molecule has 1 heterocycles. The number of nitrogens with zero attached hydrogens (tertiary/aromatic N) is 2. The number of aromatic nitrogens is 2. The van der Waals surface area contributed by atoms with Gasteiger partial charge in [-0.15, -0.1) is 10.2 Å². The molecular formula is C11H6Cl5N3O2S. The lowest BCUT2D eigenvalue weighted by Gasteiger charge is -2.13. The highest BCUT2D eigenvalue weighted by molar-refractivity contribution is 7.15. The summed E-state index contributed by atoms with van der Waals surface area (Å²) in [5, 5.41) is 11.1. The van der Waals surface area contributed by atoms with Crippen LogP contribution in [0.25, 0.3) is 0 Å². The number of hydrogen-bond donors (Lipinski definition) is 1. The van der Waals surface area contributed by atoms with Crippen molar-refractivity contribution in [3.8, 4) is 5.75 Å². The van der Waals surface area contributed by atoms with Gasteiger partial charge in [-0.05, 0) is 6.92 Å². The molecule has 0 saturated carbocycles. The van der Waals surface area contributed by atoms with Gasteiger partial charge in [0.15, 0.2) is 12.4 Å². The van der Waals surface area contributed by atoms with Gasteiger partial charge in [-0.1, -0.05) is 69.3 Å². The maximum Gasteiger partial charge on any atom is 0.264 e. The number of rotatable bonds is 4. The number of carbonyl (C=O) groups excluding carboxylic acids is 1. The Labute approximate surface area is 154 Å². The number of halogens is 5. The van der Waals surface area contributed by atoms with Gasteiger partial charge < -0.3 is 4.74 Å². The quantitative estimate of drug-likeness (QED) is 0.549. The number of benzene rings is 1. The average Bonchev–Trinajstić information content (AvgIpc) is 2.88. The predicted molar refractivity (Wildman–Crippen MR) is 90.3 cm³/mol. The van der Waals surface area contributed by atoms with E-state index in [4.69, 9.17) is 62.7 Å². The van der Waals surface area contributed by atoms with E-state index in [0.717, 1.165) is 5.01 Å². The molecule has 0 aliphatic rings. The number of hydrogen-bond acceptors (Lipinski definition) is 5. The molecule has 22 heavy (non-hydrogen) atoms. The second-order valence-corrected chi connectivity index (χ2v) is 6.93. The Hall–Kier alpha value is -0.500. The summed E-state index contributed by atoms with van der Waals surface area (Å²) in [5.74, 6) is -0.489. The van der Waals surface area contributed by atoms with Crippen molar-refractivity contribution >= 4 is 80.4 Å². The van der Waals surface area contributed by atoms with E-state index in [1.165, 1.54) is 11.3 Å². The number of amides is 1. The Morgan fingerprint density at radius 3 is 2.09 bits per heavy atom. The molecule has 0 atom stereocenters. The van der Waals surface area contributed by atoms with Crippen LogP contribution in [-0.4, -0.2) is 22.7 Å². The van der Waals surface area contributed by atoms with Crippen molar-refractivity contribution in [1.29, 1.82) is 0 Å². The topological polar surface area (TPSA) is 64.1 Å². The lowest BCUT2D eigenvalue weighted by molar-refractivity contribution is -0.118. The first-order valence-electron chi connectivity index (χ1n) is 5.55. The molecule has 1 amide bonds. The molecule has 0 aliphatic heterocycles. The fraction of sp³-hybridized carbons (Fsp3) is 0.182. The normalized spacial score (nSPS) is 10.6. The zero-order valence-corrected chi connectivity index (χ0v) is 15.3. The van der Waals surface area contributed by atoms with Crippen LogP contribution in [0, 0.1) is 6.92 Å². The summed E-state index contributed by atoms with van der Waals surface area (Å²) in [6.45, 7) is 1.40. The third-order valence-electron chi connectivity index (χ3n) is 2.29. The fourth-order valence-corrected chi connectivity index (χ4v) is 3.19. The molecule has 11 heteroatoms. The van der Waals surface area contributed by atoms with Crippen molar-refractivity contribution in [3.63, 3.8) is 0 Å². The first-order chi connectivity index (χ1) is 10.3. The molecule has 0 radical (unpaired) electrons. The predicted octanol–water partition coefficient (Wildman–Crippen LogP) is 5.13. The molecule has 0 saturated heterocycles. The molecule has 0 fully saturated rings. The third kappa shape index (κ3) is 3.88. The molecule has 1 aromatic heterocycles. The first kappa shape index (κ1) is 17.8. The number of carbonyl (C=O) groups is 1. The Balaban J connectivity index is 2.10. The van der Waals surface area contributed by atoms with Crippen LogP contribution in [0.1, 0.15) is 5.01 Å². The van der Waals surface area contributed by atoms with Gasteiger partial charge in [0.05, 0.1) is 15.1 Å². The summed E-state index contributed by atoms with van der Waals surface area (Å²) in [5.41, 5.74) is 0. The van der Waals surface area contributed by atoms with E-state index in [0.29, 0.717) is 5.13 Å². The van der Waals surface area contributed by atoms with Crippen molar-refractivity contribution in [1.82, 2.24) is 10.2 Å². The van der Waals surface area contributed by atoms with Crippen molar-refractivity contribution < 1.29 is 9.53 Å². The first-order valence-corrected chi connectivity index (χ1v) is 8.26. The lowest BCUT2D eigenvalue weighted by Crippen LogP contribution is -2.20. The molecule has 0 unspecified atom stereocenters. The van der Waals surface area contributed by atoms with Crippen molar-refractivity contribution in [2.45, 2.75) is 6.92 Å². The summed E-state index contributed by atoms with van der Waals surface area (Å²) in [6.07, 6.45) is 0. The summed E-state index contributed by atoms with van der Waals surface area (Å²) < 4.78 is 5.28. The molecule has 118 valence electrons. The van der Waals surface area contributed by atoms with E-state index in [2.05, 4.69) is 15.5 Å². The molecule has 1 aromatic carbocycles. The van der Waals surface area contributed by atoms with E-state index in [1.54, 1.807) is 6.92 Å². The van der Waals surface area contributed by atoms with Crippen LogP contribution in [0.2, 0.25) is 25.1 Å².